The molecule has 0 aliphatic heterocycles. The smallest absolute Gasteiger partial charge is 0.306 e. The minimum Gasteiger partial charge on any atom is -0.462 e. The van der Waals surface area contributed by atoms with Crippen LogP contribution in [-0.4, -0.2) is 37.2 Å². The van der Waals surface area contributed by atoms with Crippen LogP contribution in [0.1, 0.15) is 298 Å². The molecule has 0 spiro atoms. The molecule has 1 unspecified atom stereocenters. The lowest BCUT2D eigenvalue weighted by atomic mass is 9.99. The molecule has 0 saturated carbocycles. The van der Waals surface area contributed by atoms with E-state index in [0.717, 1.165) is 69.6 Å². The van der Waals surface area contributed by atoms with Crippen molar-refractivity contribution < 1.29 is 28.6 Å². The van der Waals surface area contributed by atoms with Crippen LogP contribution >= 0.6 is 0 Å². The fourth-order valence-electron chi connectivity index (χ4n) is 8.13. The van der Waals surface area contributed by atoms with Gasteiger partial charge in [0.25, 0.3) is 0 Å². The van der Waals surface area contributed by atoms with E-state index in [1.807, 2.05) is 0 Å². The van der Waals surface area contributed by atoms with E-state index in [1.54, 1.807) is 0 Å². The molecule has 0 aliphatic carbocycles. The van der Waals surface area contributed by atoms with E-state index in [9.17, 15) is 14.4 Å². The lowest BCUT2D eigenvalue weighted by Gasteiger charge is -2.18. The van der Waals surface area contributed by atoms with E-state index >= 15 is 0 Å². The van der Waals surface area contributed by atoms with Crippen molar-refractivity contribution in [2.24, 2.45) is 11.8 Å². The number of hydrogen-bond acceptors (Lipinski definition) is 6. The number of ether oxygens (including phenoxy) is 3. The average Bonchev–Trinajstić information content (AvgIpc) is 3.23. The summed E-state index contributed by atoms with van der Waals surface area (Å²) in [5.41, 5.74) is 0. The van der Waals surface area contributed by atoms with E-state index in [-0.39, 0.29) is 31.1 Å². The van der Waals surface area contributed by atoms with E-state index in [1.165, 1.54) is 186 Å². The third kappa shape index (κ3) is 45.9. The van der Waals surface area contributed by atoms with Crippen molar-refractivity contribution in [3.8, 4) is 0 Å². The molecule has 0 saturated heterocycles. The molecule has 356 valence electrons. The number of unbranched alkanes of at least 4 members (excludes halogenated alkanes) is 32. The van der Waals surface area contributed by atoms with Crippen molar-refractivity contribution in [3.63, 3.8) is 0 Å². The van der Waals surface area contributed by atoms with Gasteiger partial charge in [0.05, 0.1) is 0 Å². The summed E-state index contributed by atoms with van der Waals surface area (Å²) in [6.07, 6.45) is 48.0. The number of rotatable bonds is 48. The topological polar surface area (TPSA) is 78.9 Å². The molecular formula is C54H104O6. The van der Waals surface area contributed by atoms with Gasteiger partial charge in [-0.2, -0.15) is 0 Å². The molecule has 6 heteroatoms. The van der Waals surface area contributed by atoms with Gasteiger partial charge in [0.2, 0.25) is 0 Å². The Bertz CT molecular complexity index is 918. The summed E-state index contributed by atoms with van der Waals surface area (Å²) in [6.45, 7) is 11.4. The Morgan fingerprint density at radius 3 is 0.950 bits per heavy atom. The molecule has 2 atom stereocenters. The molecule has 0 N–H and O–H groups in total. The monoisotopic (exact) mass is 849 g/mol. The second kappa shape index (κ2) is 46.9. The summed E-state index contributed by atoms with van der Waals surface area (Å²) in [5, 5.41) is 0. The molecule has 0 heterocycles. The summed E-state index contributed by atoms with van der Waals surface area (Å²) in [4.78, 5) is 38.0. The molecule has 0 aromatic carbocycles. The third-order valence-electron chi connectivity index (χ3n) is 12.6. The van der Waals surface area contributed by atoms with Gasteiger partial charge in [0, 0.05) is 19.3 Å². The number of esters is 3. The Balaban J connectivity index is 4.29. The van der Waals surface area contributed by atoms with Gasteiger partial charge in [0.1, 0.15) is 13.2 Å². The van der Waals surface area contributed by atoms with E-state index in [4.69, 9.17) is 14.2 Å². The van der Waals surface area contributed by atoms with E-state index < -0.39 is 6.10 Å². The SMILES string of the molecule is CCCCCCCCCCCCCCCC(=O)OC[C@H](COC(=O)CCCCCCCCCCCCCCCCC(C)C)OC(=O)CCCCCCCCCCC(C)CC. The third-order valence-corrected chi connectivity index (χ3v) is 12.6. The summed E-state index contributed by atoms with van der Waals surface area (Å²) in [5.74, 6) is 0.843. The molecule has 0 amide bonds. The van der Waals surface area contributed by atoms with Crippen molar-refractivity contribution >= 4 is 17.9 Å². The first kappa shape index (κ1) is 58.4. The van der Waals surface area contributed by atoms with Crippen molar-refractivity contribution in [1.82, 2.24) is 0 Å². The molecule has 0 rings (SSSR count). The molecule has 0 aliphatic rings. The highest BCUT2D eigenvalue weighted by Gasteiger charge is 2.19. The van der Waals surface area contributed by atoms with Crippen LogP contribution in [0.2, 0.25) is 0 Å². The van der Waals surface area contributed by atoms with Crippen LogP contribution in [0.5, 0.6) is 0 Å². The standard InChI is InChI=1S/C54H104O6/c1-6-8-9-10-11-12-13-16-20-23-29-34-39-44-52(55)58-47-51(60-54(57)46-41-36-31-26-25-28-33-38-43-50(5)7-2)48-59-53(56)45-40-35-30-24-21-18-15-14-17-19-22-27-32-37-42-49(3)4/h49-51H,6-48H2,1-5H3/t50?,51-/m1/s1. The number of carbonyl (C=O) groups excluding carboxylic acids is 3. The first-order valence-electron chi connectivity index (χ1n) is 26.8. The van der Waals surface area contributed by atoms with E-state index in [0.29, 0.717) is 19.3 Å². The first-order chi connectivity index (χ1) is 29.3. The lowest BCUT2D eigenvalue weighted by Crippen LogP contribution is -2.30. The van der Waals surface area contributed by atoms with Gasteiger partial charge in [-0.1, -0.05) is 259 Å². The van der Waals surface area contributed by atoms with Gasteiger partial charge in [-0.15, -0.1) is 0 Å². The number of carbonyl (C=O) groups is 3. The fraction of sp³-hybridized carbons (Fsp3) is 0.944. The van der Waals surface area contributed by atoms with Crippen LogP contribution in [0, 0.1) is 11.8 Å². The summed E-state index contributed by atoms with van der Waals surface area (Å²) >= 11 is 0. The highest BCUT2D eigenvalue weighted by Crippen LogP contribution is 2.18. The predicted molar refractivity (Wildman–Crippen MR) is 256 cm³/mol. The minimum absolute atomic E-state index is 0.0637. The van der Waals surface area contributed by atoms with Crippen molar-refractivity contribution in [3.05, 3.63) is 0 Å². The van der Waals surface area contributed by atoms with Gasteiger partial charge < -0.3 is 14.2 Å². The zero-order valence-electron chi connectivity index (χ0n) is 41.1. The van der Waals surface area contributed by atoms with Crippen LogP contribution in [-0.2, 0) is 28.6 Å². The Labute approximate surface area is 374 Å². The Morgan fingerprint density at radius 2 is 0.633 bits per heavy atom. The predicted octanol–water partition coefficient (Wildman–Crippen LogP) is 17.3. The first-order valence-corrected chi connectivity index (χ1v) is 26.8. The summed E-state index contributed by atoms with van der Waals surface area (Å²) < 4.78 is 16.8. The van der Waals surface area contributed by atoms with Crippen molar-refractivity contribution in [1.29, 1.82) is 0 Å². The second-order valence-electron chi connectivity index (χ2n) is 19.2. The van der Waals surface area contributed by atoms with Gasteiger partial charge in [-0.05, 0) is 31.1 Å². The zero-order valence-corrected chi connectivity index (χ0v) is 41.1. The van der Waals surface area contributed by atoms with Crippen molar-refractivity contribution in [2.45, 2.75) is 304 Å². The molecule has 60 heavy (non-hydrogen) atoms. The molecule has 0 radical (unpaired) electrons. The maximum absolute atomic E-state index is 12.8. The number of hydrogen-bond donors (Lipinski definition) is 0. The molecule has 0 aromatic rings. The maximum Gasteiger partial charge on any atom is 0.306 e. The summed E-state index contributed by atoms with van der Waals surface area (Å²) in [6, 6.07) is 0. The van der Waals surface area contributed by atoms with Crippen LogP contribution in [0.15, 0.2) is 0 Å². The van der Waals surface area contributed by atoms with Gasteiger partial charge >= 0.3 is 17.9 Å². The van der Waals surface area contributed by atoms with Crippen LogP contribution < -0.4 is 0 Å². The lowest BCUT2D eigenvalue weighted by molar-refractivity contribution is -0.167. The largest absolute Gasteiger partial charge is 0.462 e. The van der Waals surface area contributed by atoms with Gasteiger partial charge in [-0.3, -0.25) is 14.4 Å². The summed E-state index contributed by atoms with van der Waals surface area (Å²) in [7, 11) is 0. The molecule has 6 nitrogen and oxygen atoms in total. The van der Waals surface area contributed by atoms with Crippen LogP contribution in [0.25, 0.3) is 0 Å². The van der Waals surface area contributed by atoms with Crippen LogP contribution in [0.4, 0.5) is 0 Å². The highest BCUT2D eigenvalue weighted by molar-refractivity contribution is 5.71. The minimum atomic E-state index is -0.762. The second-order valence-corrected chi connectivity index (χ2v) is 19.2. The highest BCUT2D eigenvalue weighted by atomic mass is 16.6. The molecule has 0 bridgehead atoms. The zero-order chi connectivity index (χ0) is 44.0. The average molecular weight is 849 g/mol. The Kier molecular flexibility index (Phi) is 45.7. The molecule has 0 aromatic heterocycles. The maximum atomic E-state index is 12.8. The van der Waals surface area contributed by atoms with Crippen molar-refractivity contribution in [2.75, 3.05) is 13.2 Å². The van der Waals surface area contributed by atoms with E-state index in [2.05, 4.69) is 34.6 Å². The Morgan fingerprint density at radius 1 is 0.350 bits per heavy atom. The Hall–Kier alpha value is -1.59. The van der Waals surface area contributed by atoms with Gasteiger partial charge in [-0.25, -0.2) is 0 Å². The van der Waals surface area contributed by atoms with Gasteiger partial charge in [0.15, 0.2) is 6.10 Å². The normalized spacial score (nSPS) is 12.5. The fourth-order valence-corrected chi connectivity index (χ4v) is 8.13. The molecule has 0 fully saturated rings. The molecular weight excluding hydrogens is 745 g/mol. The van der Waals surface area contributed by atoms with Crippen LogP contribution in [0.3, 0.4) is 0 Å². The quantitative estimate of drug-likeness (QED) is 0.0345.